The number of piperidine rings is 1. The third kappa shape index (κ3) is 4.86. The molecule has 1 fully saturated rings. The SMILES string of the molecule is Cl.O=C(Nc1ccc(Br)c(C(F)(F)F)c1)[C@@H]1CCCNC1. The smallest absolute Gasteiger partial charge is 0.326 e. The van der Waals surface area contributed by atoms with Crippen LogP contribution in [0.1, 0.15) is 18.4 Å². The summed E-state index contributed by atoms with van der Waals surface area (Å²) in [4.78, 5) is 12.0. The first kappa shape index (κ1) is 18.3. The zero-order valence-electron chi connectivity index (χ0n) is 11.0. The van der Waals surface area contributed by atoms with Crippen LogP contribution in [-0.2, 0) is 11.0 Å². The third-order valence-corrected chi connectivity index (χ3v) is 3.90. The van der Waals surface area contributed by atoms with Gasteiger partial charge in [-0.3, -0.25) is 4.79 Å². The maximum Gasteiger partial charge on any atom is 0.417 e. The fourth-order valence-corrected chi connectivity index (χ4v) is 2.61. The van der Waals surface area contributed by atoms with Crippen LogP contribution in [0.25, 0.3) is 0 Å². The highest BCUT2D eigenvalue weighted by Crippen LogP contribution is 2.36. The molecule has 1 aromatic carbocycles. The van der Waals surface area contributed by atoms with Gasteiger partial charge in [0.1, 0.15) is 0 Å². The summed E-state index contributed by atoms with van der Waals surface area (Å²) >= 11 is 2.87. The van der Waals surface area contributed by atoms with Crippen LogP contribution in [0.3, 0.4) is 0 Å². The first-order valence-electron chi connectivity index (χ1n) is 6.26. The minimum atomic E-state index is -4.45. The molecule has 0 saturated carbocycles. The highest BCUT2D eigenvalue weighted by molar-refractivity contribution is 9.10. The molecule has 0 bridgehead atoms. The van der Waals surface area contributed by atoms with E-state index in [1.807, 2.05) is 0 Å². The van der Waals surface area contributed by atoms with Crippen molar-refractivity contribution in [1.82, 2.24) is 5.32 Å². The molecule has 1 amide bonds. The molecule has 8 heteroatoms. The molecule has 1 atom stereocenters. The van der Waals surface area contributed by atoms with Crippen LogP contribution in [-0.4, -0.2) is 19.0 Å². The number of rotatable bonds is 2. The fraction of sp³-hybridized carbons (Fsp3) is 0.462. The lowest BCUT2D eigenvalue weighted by atomic mass is 9.99. The Balaban J connectivity index is 0.00000220. The van der Waals surface area contributed by atoms with Crippen molar-refractivity contribution in [3.05, 3.63) is 28.2 Å². The Hall–Kier alpha value is -0.790. The molecule has 1 aromatic rings. The van der Waals surface area contributed by atoms with Crippen molar-refractivity contribution in [3.63, 3.8) is 0 Å². The minimum absolute atomic E-state index is 0. The Morgan fingerprint density at radius 1 is 1.38 bits per heavy atom. The number of carbonyl (C=O) groups excluding carboxylic acids is 1. The maximum atomic E-state index is 12.8. The number of benzene rings is 1. The lowest BCUT2D eigenvalue weighted by molar-refractivity contribution is -0.138. The third-order valence-electron chi connectivity index (χ3n) is 3.21. The zero-order chi connectivity index (χ0) is 14.8. The van der Waals surface area contributed by atoms with Crippen molar-refractivity contribution in [1.29, 1.82) is 0 Å². The van der Waals surface area contributed by atoms with Gasteiger partial charge in [0.25, 0.3) is 0 Å². The summed E-state index contributed by atoms with van der Waals surface area (Å²) in [6.45, 7) is 1.44. The lowest BCUT2D eigenvalue weighted by Gasteiger charge is -2.22. The number of hydrogen-bond acceptors (Lipinski definition) is 2. The average Bonchev–Trinajstić information content (AvgIpc) is 2.40. The van der Waals surface area contributed by atoms with E-state index in [-0.39, 0.29) is 34.4 Å². The van der Waals surface area contributed by atoms with Gasteiger partial charge in [0.2, 0.25) is 5.91 Å². The number of carbonyl (C=O) groups is 1. The Bertz CT molecular complexity index is 505. The molecule has 0 spiro atoms. The normalized spacial score (nSPS) is 18.8. The Labute approximate surface area is 135 Å². The number of amides is 1. The first-order chi connectivity index (χ1) is 9.38. The van der Waals surface area contributed by atoms with Crippen LogP contribution < -0.4 is 10.6 Å². The van der Waals surface area contributed by atoms with E-state index in [2.05, 4.69) is 26.6 Å². The van der Waals surface area contributed by atoms with Gasteiger partial charge in [0.15, 0.2) is 0 Å². The summed E-state index contributed by atoms with van der Waals surface area (Å²) in [7, 11) is 0. The van der Waals surface area contributed by atoms with E-state index >= 15 is 0 Å². The predicted molar refractivity (Wildman–Crippen MR) is 80.6 cm³/mol. The van der Waals surface area contributed by atoms with Gasteiger partial charge >= 0.3 is 6.18 Å². The summed E-state index contributed by atoms with van der Waals surface area (Å²) in [5, 5.41) is 5.65. The second kappa shape index (κ2) is 7.47. The van der Waals surface area contributed by atoms with Crippen LogP contribution in [0.2, 0.25) is 0 Å². The van der Waals surface area contributed by atoms with Crippen LogP contribution in [0.5, 0.6) is 0 Å². The Morgan fingerprint density at radius 3 is 2.67 bits per heavy atom. The monoisotopic (exact) mass is 386 g/mol. The van der Waals surface area contributed by atoms with Gasteiger partial charge in [-0.15, -0.1) is 12.4 Å². The van der Waals surface area contributed by atoms with Crippen molar-refractivity contribution in [3.8, 4) is 0 Å². The number of halogens is 5. The summed E-state index contributed by atoms with van der Waals surface area (Å²) in [6.07, 6.45) is -2.81. The number of alkyl halides is 3. The van der Waals surface area contributed by atoms with E-state index < -0.39 is 11.7 Å². The van der Waals surface area contributed by atoms with Gasteiger partial charge in [-0.05, 0) is 37.6 Å². The standard InChI is InChI=1S/C13H14BrF3N2O.ClH/c14-11-4-3-9(6-10(11)13(15,16)17)19-12(20)8-2-1-5-18-7-8;/h3-4,6,8,18H,1-2,5,7H2,(H,19,20);1H/t8-;/m1./s1. The van der Waals surface area contributed by atoms with Gasteiger partial charge in [0, 0.05) is 16.7 Å². The van der Waals surface area contributed by atoms with Gasteiger partial charge in [-0.25, -0.2) is 0 Å². The number of hydrogen-bond donors (Lipinski definition) is 2. The highest BCUT2D eigenvalue weighted by atomic mass is 79.9. The van der Waals surface area contributed by atoms with E-state index in [0.717, 1.165) is 25.5 Å². The topological polar surface area (TPSA) is 41.1 Å². The molecular weight excluding hydrogens is 373 g/mol. The molecule has 0 aliphatic carbocycles. The van der Waals surface area contributed by atoms with Crippen LogP contribution in [0.4, 0.5) is 18.9 Å². The molecule has 0 aromatic heterocycles. The van der Waals surface area contributed by atoms with Crippen molar-refractivity contribution in [2.45, 2.75) is 19.0 Å². The van der Waals surface area contributed by atoms with E-state index in [1.165, 1.54) is 12.1 Å². The quantitative estimate of drug-likeness (QED) is 0.810. The van der Waals surface area contributed by atoms with Gasteiger partial charge in [0.05, 0.1) is 11.5 Å². The largest absolute Gasteiger partial charge is 0.417 e. The van der Waals surface area contributed by atoms with E-state index in [9.17, 15) is 18.0 Å². The molecule has 1 aliphatic heterocycles. The molecule has 1 saturated heterocycles. The molecule has 118 valence electrons. The number of nitrogens with one attached hydrogen (secondary N) is 2. The molecular formula is C13H15BrClF3N2O. The van der Waals surface area contributed by atoms with Crippen LogP contribution >= 0.6 is 28.3 Å². The van der Waals surface area contributed by atoms with Crippen LogP contribution in [0, 0.1) is 5.92 Å². The second-order valence-electron chi connectivity index (χ2n) is 4.72. The van der Waals surface area contributed by atoms with Gasteiger partial charge < -0.3 is 10.6 Å². The molecule has 2 N–H and O–H groups in total. The lowest BCUT2D eigenvalue weighted by Crippen LogP contribution is -2.37. The van der Waals surface area contributed by atoms with E-state index in [0.29, 0.717) is 6.54 Å². The predicted octanol–water partition coefficient (Wildman–Crippen LogP) is 3.83. The fourth-order valence-electron chi connectivity index (χ4n) is 2.14. The highest BCUT2D eigenvalue weighted by Gasteiger charge is 2.33. The van der Waals surface area contributed by atoms with E-state index in [4.69, 9.17) is 0 Å². The molecule has 3 nitrogen and oxygen atoms in total. The minimum Gasteiger partial charge on any atom is -0.326 e. The summed E-state index contributed by atoms with van der Waals surface area (Å²) < 4.78 is 38.3. The second-order valence-corrected chi connectivity index (χ2v) is 5.58. The van der Waals surface area contributed by atoms with Gasteiger partial charge in [-0.1, -0.05) is 15.9 Å². The molecule has 21 heavy (non-hydrogen) atoms. The summed E-state index contributed by atoms with van der Waals surface area (Å²) in [5.41, 5.74) is -0.631. The van der Waals surface area contributed by atoms with Crippen molar-refractivity contribution >= 4 is 39.9 Å². The van der Waals surface area contributed by atoms with Gasteiger partial charge in [-0.2, -0.15) is 13.2 Å². The Morgan fingerprint density at radius 2 is 2.10 bits per heavy atom. The van der Waals surface area contributed by atoms with Crippen molar-refractivity contribution < 1.29 is 18.0 Å². The summed E-state index contributed by atoms with van der Waals surface area (Å²) in [6, 6.07) is 3.68. The van der Waals surface area contributed by atoms with E-state index in [1.54, 1.807) is 0 Å². The molecule has 1 aliphatic rings. The summed E-state index contributed by atoms with van der Waals surface area (Å²) in [5.74, 6) is -0.436. The molecule has 0 radical (unpaired) electrons. The number of anilines is 1. The molecule has 2 rings (SSSR count). The van der Waals surface area contributed by atoms with Crippen molar-refractivity contribution in [2.75, 3.05) is 18.4 Å². The zero-order valence-corrected chi connectivity index (χ0v) is 13.4. The average molecular weight is 388 g/mol. The van der Waals surface area contributed by atoms with Crippen LogP contribution in [0.15, 0.2) is 22.7 Å². The molecule has 0 unspecified atom stereocenters. The maximum absolute atomic E-state index is 12.8. The van der Waals surface area contributed by atoms with Crippen molar-refractivity contribution in [2.24, 2.45) is 5.92 Å². The first-order valence-corrected chi connectivity index (χ1v) is 7.05. The Kier molecular flexibility index (Phi) is 6.49. The molecule has 1 heterocycles.